The summed E-state index contributed by atoms with van der Waals surface area (Å²) in [6.45, 7) is 0. The van der Waals surface area contributed by atoms with Crippen LogP contribution in [0.4, 0.5) is 0 Å². The zero-order valence-electron chi connectivity index (χ0n) is 11.5. The molecule has 2 aromatic carbocycles. The van der Waals surface area contributed by atoms with Crippen LogP contribution in [0.1, 0.15) is 46.9 Å². The highest BCUT2D eigenvalue weighted by Crippen LogP contribution is 2.41. The van der Waals surface area contributed by atoms with Crippen molar-refractivity contribution in [2.24, 2.45) is 0 Å². The lowest BCUT2D eigenvalue weighted by Gasteiger charge is -2.16. The lowest BCUT2D eigenvalue weighted by molar-refractivity contribution is -0.121. The quantitative estimate of drug-likeness (QED) is 0.799. The summed E-state index contributed by atoms with van der Waals surface area (Å²) >= 11 is 0. The first kappa shape index (κ1) is 11.9. The minimum Gasteiger partial charge on any atom is -0.298 e. The van der Waals surface area contributed by atoms with Crippen LogP contribution >= 0.6 is 0 Å². The smallest absolute Gasteiger partial charge is 0.147 e. The lowest BCUT2D eigenvalue weighted by Crippen LogP contribution is -2.17. The maximum absolute atomic E-state index is 13.0. The Balaban J connectivity index is 1.67. The second-order valence-corrected chi connectivity index (χ2v) is 5.98. The molecule has 100 valence electrons. The van der Waals surface area contributed by atoms with Gasteiger partial charge in [0.15, 0.2) is 0 Å². The fourth-order valence-corrected chi connectivity index (χ4v) is 3.95. The Bertz CT molecular complexity index is 613. The Labute approximate surface area is 119 Å². The number of hydrogen-bond donors (Lipinski definition) is 0. The molecule has 0 saturated heterocycles. The largest absolute Gasteiger partial charge is 0.298 e. The molecule has 0 N–H and O–H groups in total. The van der Waals surface area contributed by atoms with Crippen molar-refractivity contribution in [3.05, 3.63) is 70.8 Å². The topological polar surface area (TPSA) is 17.1 Å². The van der Waals surface area contributed by atoms with Gasteiger partial charge in [0.2, 0.25) is 0 Å². The van der Waals surface area contributed by atoms with Crippen LogP contribution in [-0.4, -0.2) is 5.78 Å². The molecule has 0 amide bonds. The predicted molar refractivity (Wildman–Crippen MR) is 80.0 cm³/mol. The van der Waals surface area contributed by atoms with Crippen LogP contribution in [0.3, 0.4) is 0 Å². The van der Waals surface area contributed by atoms with Gasteiger partial charge >= 0.3 is 0 Å². The van der Waals surface area contributed by atoms with Gasteiger partial charge in [-0.2, -0.15) is 0 Å². The Morgan fingerprint density at radius 1 is 0.750 bits per heavy atom. The van der Waals surface area contributed by atoms with E-state index in [0.717, 1.165) is 25.7 Å². The summed E-state index contributed by atoms with van der Waals surface area (Å²) in [5.74, 6) is 0.699. The molecular formula is C19H18O. The highest BCUT2D eigenvalue weighted by atomic mass is 16.1. The first-order chi connectivity index (χ1) is 9.84. The minimum absolute atomic E-state index is 0.127. The van der Waals surface area contributed by atoms with Gasteiger partial charge < -0.3 is 0 Å². The summed E-state index contributed by atoms with van der Waals surface area (Å²) in [6.07, 6.45) is 4.11. The third-order valence-corrected chi connectivity index (χ3v) is 4.95. The van der Waals surface area contributed by atoms with E-state index in [-0.39, 0.29) is 11.8 Å². The lowest BCUT2D eigenvalue weighted by atomic mass is 9.85. The molecule has 2 aliphatic rings. The molecule has 2 atom stereocenters. The summed E-state index contributed by atoms with van der Waals surface area (Å²) < 4.78 is 0. The molecular weight excluding hydrogens is 244 g/mol. The van der Waals surface area contributed by atoms with Gasteiger partial charge in [-0.15, -0.1) is 0 Å². The van der Waals surface area contributed by atoms with Gasteiger partial charge in [-0.25, -0.2) is 0 Å². The van der Waals surface area contributed by atoms with Crippen molar-refractivity contribution in [3.8, 4) is 0 Å². The summed E-state index contributed by atoms with van der Waals surface area (Å²) in [5.41, 5.74) is 5.30. The molecule has 0 saturated carbocycles. The van der Waals surface area contributed by atoms with Crippen LogP contribution in [0.15, 0.2) is 48.5 Å². The second-order valence-electron chi connectivity index (χ2n) is 5.98. The van der Waals surface area contributed by atoms with Crippen molar-refractivity contribution in [3.63, 3.8) is 0 Å². The van der Waals surface area contributed by atoms with Gasteiger partial charge in [-0.1, -0.05) is 48.5 Å². The van der Waals surface area contributed by atoms with Crippen molar-refractivity contribution in [2.75, 3.05) is 0 Å². The first-order valence-corrected chi connectivity index (χ1v) is 7.54. The van der Waals surface area contributed by atoms with E-state index in [1.54, 1.807) is 0 Å². The van der Waals surface area contributed by atoms with E-state index in [4.69, 9.17) is 0 Å². The number of ketones is 1. The van der Waals surface area contributed by atoms with Crippen LogP contribution in [0, 0.1) is 0 Å². The zero-order valence-corrected chi connectivity index (χ0v) is 11.5. The van der Waals surface area contributed by atoms with E-state index in [2.05, 4.69) is 48.5 Å². The molecule has 1 heteroatoms. The zero-order chi connectivity index (χ0) is 13.5. The van der Waals surface area contributed by atoms with Gasteiger partial charge in [0, 0.05) is 11.8 Å². The SMILES string of the molecule is O=C(C1CCc2ccccc21)C1CCc2ccccc21. The van der Waals surface area contributed by atoms with Gasteiger partial charge in [-0.3, -0.25) is 4.79 Å². The number of aryl methyl sites for hydroxylation is 2. The van der Waals surface area contributed by atoms with Gasteiger partial charge in [0.25, 0.3) is 0 Å². The van der Waals surface area contributed by atoms with Gasteiger partial charge in [0.05, 0.1) is 0 Å². The van der Waals surface area contributed by atoms with Crippen molar-refractivity contribution >= 4 is 5.78 Å². The number of fused-ring (bicyclic) bond motifs is 2. The first-order valence-electron chi connectivity index (χ1n) is 7.54. The summed E-state index contributed by atoms with van der Waals surface area (Å²) in [6, 6.07) is 16.9. The molecule has 20 heavy (non-hydrogen) atoms. The third kappa shape index (κ3) is 1.73. The number of carbonyl (C=O) groups is 1. The second kappa shape index (κ2) is 4.59. The van der Waals surface area contributed by atoms with Crippen molar-refractivity contribution in [1.29, 1.82) is 0 Å². The molecule has 0 aromatic heterocycles. The normalized spacial score (nSPS) is 23.4. The molecule has 0 heterocycles. The van der Waals surface area contributed by atoms with E-state index in [1.807, 2.05) is 0 Å². The van der Waals surface area contributed by atoms with E-state index in [0.29, 0.717) is 5.78 Å². The van der Waals surface area contributed by atoms with E-state index < -0.39 is 0 Å². The Kier molecular flexibility index (Phi) is 2.73. The molecule has 0 radical (unpaired) electrons. The van der Waals surface area contributed by atoms with Gasteiger partial charge in [0.1, 0.15) is 5.78 Å². The average Bonchev–Trinajstić information content (AvgIpc) is 3.11. The van der Waals surface area contributed by atoms with Crippen LogP contribution in [0.2, 0.25) is 0 Å². The highest BCUT2D eigenvalue weighted by Gasteiger charge is 2.36. The molecule has 0 fully saturated rings. The highest BCUT2D eigenvalue weighted by molar-refractivity contribution is 5.93. The van der Waals surface area contributed by atoms with Gasteiger partial charge in [-0.05, 0) is 47.9 Å². The minimum atomic E-state index is 0.127. The van der Waals surface area contributed by atoms with Crippen molar-refractivity contribution in [1.82, 2.24) is 0 Å². The summed E-state index contributed by atoms with van der Waals surface area (Å²) in [5, 5.41) is 0. The predicted octanol–water partition coefficient (Wildman–Crippen LogP) is 4.02. The third-order valence-electron chi connectivity index (χ3n) is 4.95. The molecule has 2 aliphatic carbocycles. The van der Waals surface area contributed by atoms with E-state index in [1.165, 1.54) is 22.3 Å². The molecule has 2 unspecified atom stereocenters. The number of rotatable bonds is 2. The standard InChI is InChI=1S/C19H18O/c20-19(17-11-9-13-5-1-3-7-15(13)17)18-12-10-14-6-2-4-8-16(14)18/h1-8,17-18H,9-12H2. The molecule has 2 aromatic rings. The van der Waals surface area contributed by atoms with Crippen LogP contribution in [0.25, 0.3) is 0 Å². The number of benzene rings is 2. The molecule has 0 spiro atoms. The van der Waals surface area contributed by atoms with Crippen LogP contribution in [-0.2, 0) is 17.6 Å². The molecule has 4 rings (SSSR count). The van der Waals surface area contributed by atoms with Crippen molar-refractivity contribution < 1.29 is 4.79 Å². The summed E-state index contributed by atoms with van der Waals surface area (Å²) in [4.78, 5) is 13.0. The fourth-order valence-electron chi connectivity index (χ4n) is 3.95. The fraction of sp³-hybridized carbons (Fsp3) is 0.316. The van der Waals surface area contributed by atoms with E-state index >= 15 is 0 Å². The number of Topliss-reactive ketones (excluding diaryl/α,β-unsaturated/α-hetero) is 1. The molecule has 1 nitrogen and oxygen atoms in total. The Morgan fingerprint density at radius 2 is 1.20 bits per heavy atom. The molecule has 0 bridgehead atoms. The Morgan fingerprint density at radius 3 is 1.70 bits per heavy atom. The number of hydrogen-bond acceptors (Lipinski definition) is 1. The monoisotopic (exact) mass is 262 g/mol. The Hall–Kier alpha value is -1.89. The average molecular weight is 262 g/mol. The van der Waals surface area contributed by atoms with Crippen LogP contribution < -0.4 is 0 Å². The van der Waals surface area contributed by atoms with Crippen LogP contribution in [0.5, 0.6) is 0 Å². The van der Waals surface area contributed by atoms with Crippen molar-refractivity contribution in [2.45, 2.75) is 37.5 Å². The van der Waals surface area contributed by atoms with E-state index in [9.17, 15) is 4.79 Å². The maximum Gasteiger partial charge on any atom is 0.147 e. The maximum atomic E-state index is 13.0. The number of carbonyl (C=O) groups excluding carboxylic acids is 1. The summed E-state index contributed by atoms with van der Waals surface area (Å²) in [7, 11) is 0. The molecule has 0 aliphatic heterocycles.